The van der Waals surface area contributed by atoms with Crippen LogP contribution in [-0.4, -0.2) is 35.9 Å². The number of nitrogens with zero attached hydrogens (tertiary/aromatic N) is 2. The first-order chi connectivity index (χ1) is 9.49. The summed E-state index contributed by atoms with van der Waals surface area (Å²) in [5, 5.41) is 7.02. The zero-order valence-electron chi connectivity index (χ0n) is 11.5. The summed E-state index contributed by atoms with van der Waals surface area (Å²) in [5.41, 5.74) is 0.784. The predicted molar refractivity (Wildman–Crippen MR) is 67.9 cm³/mol. The number of nitrogens with one attached hydrogen (secondary N) is 1. The topological polar surface area (TPSA) is 41.3 Å². The fraction of sp³-hybridized carbons (Fsp3) is 0.769. The highest BCUT2D eigenvalue weighted by Gasteiger charge is 2.41. The van der Waals surface area contributed by atoms with E-state index in [1.807, 2.05) is 6.92 Å². The van der Waals surface area contributed by atoms with E-state index >= 15 is 0 Å². The lowest BCUT2D eigenvalue weighted by Gasteiger charge is -2.32. The summed E-state index contributed by atoms with van der Waals surface area (Å²) >= 11 is 0. The van der Waals surface area contributed by atoms with E-state index in [0.717, 1.165) is 12.2 Å². The van der Waals surface area contributed by atoms with Gasteiger partial charge in [-0.05, 0) is 25.9 Å². The molecule has 1 fully saturated rings. The van der Waals surface area contributed by atoms with Gasteiger partial charge in [0.15, 0.2) is 5.76 Å². The van der Waals surface area contributed by atoms with Crippen LogP contribution >= 0.6 is 0 Å². The van der Waals surface area contributed by atoms with Gasteiger partial charge in [0.1, 0.15) is 0 Å². The number of hydrogen-bond donors (Lipinski definition) is 1. The second-order valence-corrected chi connectivity index (χ2v) is 5.18. The standard InChI is InChI=1S/C13H20F3N3O/c1-2-17-7-11-6-12(20-18-11)9-19-5-3-4-10(8-19)13(14,15)16/h6,10,17H,2-5,7-9H2,1H3. The van der Waals surface area contributed by atoms with Crippen LogP contribution in [0.3, 0.4) is 0 Å². The van der Waals surface area contributed by atoms with E-state index in [4.69, 9.17) is 4.52 Å². The summed E-state index contributed by atoms with van der Waals surface area (Å²) < 4.78 is 43.4. The Morgan fingerprint density at radius 2 is 2.30 bits per heavy atom. The van der Waals surface area contributed by atoms with E-state index in [1.165, 1.54) is 0 Å². The van der Waals surface area contributed by atoms with Crippen molar-refractivity contribution in [3.8, 4) is 0 Å². The maximum atomic E-state index is 12.7. The normalized spacial score (nSPS) is 21.3. The van der Waals surface area contributed by atoms with E-state index in [0.29, 0.717) is 31.8 Å². The van der Waals surface area contributed by atoms with Gasteiger partial charge in [-0.15, -0.1) is 0 Å². The molecule has 1 saturated heterocycles. The third kappa shape index (κ3) is 4.21. The number of piperidine rings is 1. The average molecular weight is 291 g/mol. The van der Waals surface area contributed by atoms with Crippen molar-refractivity contribution in [2.75, 3.05) is 19.6 Å². The minimum absolute atomic E-state index is 0.0484. The van der Waals surface area contributed by atoms with Crippen molar-refractivity contribution in [2.45, 2.75) is 39.0 Å². The van der Waals surface area contributed by atoms with Gasteiger partial charge in [0.2, 0.25) is 0 Å². The second-order valence-electron chi connectivity index (χ2n) is 5.18. The smallest absolute Gasteiger partial charge is 0.360 e. The molecule has 1 N–H and O–H groups in total. The largest absolute Gasteiger partial charge is 0.393 e. The maximum Gasteiger partial charge on any atom is 0.393 e. The number of aromatic nitrogens is 1. The Morgan fingerprint density at radius 3 is 3.00 bits per heavy atom. The second kappa shape index (κ2) is 6.58. The van der Waals surface area contributed by atoms with Gasteiger partial charge in [-0.3, -0.25) is 4.90 Å². The molecule has 1 aliphatic rings. The van der Waals surface area contributed by atoms with Gasteiger partial charge in [0, 0.05) is 19.2 Å². The molecule has 114 valence electrons. The molecule has 0 spiro atoms. The Kier molecular flexibility index (Phi) is 5.04. The highest BCUT2D eigenvalue weighted by molar-refractivity contribution is 5.05. The molecule has 2 heterocycles. The molecule has 0 saturated carbocycles. The van der Waals surface area contributed by atoms with E-state index in [2.05, 4.69) is 10.5 Å². The van der Waals surface area contributed by atoms with Crippen molar-refractivity contribution in [3.05, 3.63) is 17.5 Å². The van der Waals surface area contributed by atoms with Crippen LogP contribution in [0.15, 0.2) is 10.6 Å². The van der Waals surface area contributed by atoms with E-state index in [9.17, 15) is 13.2 Å². The van der Waals surface area contributed by atoms with Gasteiger partial charge in [-0.2, -0.15) is 13.2 Å². The summed E-state index contributed by atoms with van der Waals surface area (Å²) in [7, 11) is 0. The number of likely N-dealkylation sites (tertiary alicyclic amines) is 1. The molecule has 0 radical (unpaired) electrons. The number of rotatable bonds is 5. The fourth-order valence-electron chi connectivity index (χ4n) is 2.45. The van der Waals surface area contributed by atoms with Gasteiger partial charge in [0.25, 0.3) is 0 Å². The van der Waals surface area contributed by atoms with Crippen molar-refractivity contribution in [1.29, 1.82) is 0 Å². The summed E-state index contributed by atoms with van der Waals surface area (Å²) in [6.07, 6.45) is -3.30. The Balaban J connectivity index is 1.87. The minimum Gasteiger partial charge on any atom is -0.360 e. The molecule has 7 heteroatoms. The third-order valence-electron chi connectivity index (χ3n) is 3.51. The summed E-state index contributed by atoms with van der Waals surface area (Å²) in [6, 6.07) is 1.81. The molecule has 2 rings (SSSR count). The maximum absolute atomic E-state index is 12.7. The molecular weight excluding hydrogens is 271 g/mol. The average Bonchev–Trinajstić information content (AvgIpc) is 2.83. The number of halogens is 3. The van der Waals surface area contributed by atoms with Crippen molar-refractivity contribution in [2.24, 2.45) is 5.92 Å². The third-order valence-corrected chi connectivity index (χ3v) is 3.51. The van der Waals surface area contributed by atoms with E-state index < -0.39 is 12.1 Å². The number of alkyl halides is 3. The molecule has 1 unspecified atom stereocenters. The van der Waals surface area contributed by atoms with Crippen LogP contribution in [0.2, 0.25) is 0 Å². The van der Waals surface area contributed by atoms with Crippen molar-refractivity contribution in [1.82, 2.24) is 15.4 Å². The zero-order chi connectivity index (χ0) is 14.6. The van der Waals surface area contributed by atoms with Crippen LogP contribution in [0.25, 0.3) is 0 Å². The molecule has 0 aromatic carbocycles. The molecular formula is C13H20F3N3O. The predicted octanol–water partition coefficient (Wildman–Crippen LogP) is 2.56. The van der Waals surface area contributed by atoms with Crippen molar-refractivity contribution < 1.29 is 17.7 Å². The lowest BCUT2D eigenvalue weighted by molar-refractivity contribution is -0.187. The summed E-state index contributed by atoms with van der Waals surface area (Å²) in [6.45, 7) is 4.56. The zero-order valence-corrected chi connectivity index (χ0v) is 11.5. The Morgan fingerprint density at radius 1 is 1.50 bits per heavy atom. The molecule has 1 aromatic rings. The van der Waals surface area contributed by atoms with Crippen LogP contribution in [0, 0.1) is 5.92 Å². The summed E-state index contributed by atoms with van der Waals surface area (Å²) in [5.74, 6) is -0.596. The van der Waals surface area contributed by atoms with Gasteiger partial charge in [0.05, 0.1) is 18.2 Å². The minimum atomic E-state index is -4.10. The molecule has 0 aliphatic carbocycles. The molecule has 0 bridgehead atoms. The Bertz CT molecular complexity index is 419. The van der Waals surface area contributed by atoms with Crippen LogP contribution < -0.4 is 5.32 Å². The first-order valence-corrected chi connectivity index (χ1v) is 6.93. The van der Waals surface area contributed by atoms with Crippen molar-refractivity contribution in [3.63, 3.8) is 0 Å². The highest BCUT2D eigenvalue weighted by atomic mass is 19.4. The SMILES string of the molecule is CCNCc1cc(CN2CCCC(C(F)(F)F)C2)on1. The van der Waals surface area contributed by atoms with Crippen LogP contribution in [0.4, 0.5) is 13.2 Å². The van der Waals surface area contributed by atoms with E-state index in [-0.39, 0.29) is 13.0 Å². The van der Waals surface area contributed by atoms with Crippen LogP contribution in [-0.2, 0) is 13.1 Å². The van der Waals surface area contributed by atoms with Gasteiger partial charge in [-0.1, -0.05) is 12.1 Å². The van der Waals surface area contributed by atoms with Crippen LogP contribution in [0.1, 0.15) is 31.2 Å². The first-order valence-electron chi connectivity index (χ1n) is 6.93. The van der Waals surface area contributed by atoms with E-state index in [1.54, 1.807) is 11.0 Å². The van der Waals surface area contributed by atoms with Gasteiger partial charge >= 0.3 is 6.18 Å². The monoisotopic (exact) mass is 291 g/mol. The Hall–Kier alpha value is -1.08. The van der Waals surface area contributed by atoms with Crippen LogP contribution in [0.5, 0.6) is 0 Å². The molecule has 0 amide bonds. The number of hydrogen-bond acceptors (Lipinski definition) is 4. The van der Waals surface area contributed by atoms with Gasteiger partial charge < -0.3 is 9.84 Å². The lowest BCUT2D eigenvalue weighted by atomic mass is 9.97. The molecule has 1 aromatic heterocycles. The Labute approximate surface area is 116 Å². The highest BCUT2D eigenvalue weighted by Crippen LogP contribution is 2.33. The quantitative estimate of drug-likeness (QED) is 0.905. The molecule has 1 aliphatic heterocycles. The summed E-state index contributed by atoms with van der Waals surface area (Å²) in [4.78, 5) is 1.79. The fourth-order valence-corrected chi connectivity index (χ4v) is 2.45. The molecule has 1 atom stereocenters. The first kappa shape index (κ1) is 15.3. The molecule has 20 heavy (non-hydrogen) atoms. The van der Waals surface area contributed by atoms with Crippen molar-refractivity contribution >= 4 is 0 Å². The lowest BCUT2D eigenvalue weighted by Crippen LogP contribution is -2.41. The van der Waals surface area contributed by atoms with Gasteiger partial charge in [-0.25, -0.2) is 0 Å². The molecule has 4 nitrogen and oxygen atoms in total.